The van der Waals surface area contributed by atoms with Gasteiger partial charge in [0, 0.05) is 43.8 Å². The minimum Gasteiger partial charge on any atom is -0.340 e. The summed E-state index contributed by atoms with van der Waals surface area (Å²) in [5.41, 5.74) is 1.46. The molecule has 2 heterocycles. The van der Waals surface area contributed by atoms with Crippen molar-refractivity contribution in [1.29, 1.82) is 0 Å². The summed E-state index contributed by atoms with van der Waals surface area (Å²) in [6.07, 6.45) is 10.1. The number of likely N-dealkylation sites (N-methyl/N-ethyl adjacent to an activating group) is 2. The molecule has 26 heavy (non-hydrogen) atoms. The number of nitrogens with zero attached hydrogens (tertiary/aromatic N) is 5. The Bertz CT molecular complexity index is 748. The maximum atomic E-state index is 12.8. The first-order valence-electron chi connectivity index (χ1n) is 9.76. The zero-order valence-corrected chi connectivity index (χ0v) is 16.5. The Hall–Kier alpha value is -1.95. The van der Waals surface area contributed by atoms with E-state index < -0.39 is 0 Å². The highest BCUT2D eigenvalue weighted by Crippen LogP contribution is 2.21. The van der Waals surface area contributed by atoms with Gasteiger partial charge >= 0.3 is 0 Å². The molecule has 3 rings (SSSR count). The van der Waals surface area contributed by atoms with Crippen LogP contribution in [0.25, 0.3) is 11.0 Å². The number of fused-ring (bicyclic) bond motifs is 1. The molecular formula is C20H31N5O. The van der Waals surface area contributed by atoms with Gasteiger partial charge in [0.05, 0.1) is 11.8 Å². The predicted octanol–water partition coefficient (Wildman–Crippen LogP) is 3.35. The lowest BCUT2D eigenvalue weighted by Gasteiger charge is -2.32. The lowest BCUT2D eigenvalue weighted by Crippen LogP contribution is -2.40. The fraction of sp³-hybridized carbons (Fsp3) is 0.650. The maximum Gasteiger partial charge on any atom is 0.255 e. The molecule has 0 bridgehead atoms. The van der Waals surface area contributed by atoms with Gasteiger partial charge in [0.1, 0.15) is 0 Å². The molecule has 0 atom stereocenters. The number of hydrogen-bond donors (Lipinski definition) is 0. The van der Waals surface area contributed by atoms with Gasteiger partial charge in [-0.05, 0) is 39.8 Å². The second-order valence-electron chi connectivity index (χ2n) is 7.82. The van der Waals surface area contributed by atoms with Crippen molar-refractivity contribution in [1.82, 2.24) is 24.6 Å². The Balaban J connectivity index is 1.61. The van der Waals surface area contributed by atoms with E-state index >= 15 is 0 Å². The third-order valence-electron chi connectivity index (χ3n) is 5.50. The Labute approximate surface area is 156 Å². The van der Waals surface area contributed by atoms with Crippen LogP contribution in [0.3, 0.4) is 0 Å². The van der Waals surface area contributed by atoms with Gasteiger partial charge in [-0.1, -0.05) is 19.3 Å². The normalized spacial score (nSPS) is 15.9. The van der Waals surface area contributed by atoms with Crippen molar-refractivity contribution in [2.75, 3.05) is 27.2 Å². The minimum absolute atomic E-state index is 0.0220. The van der Waals surface area contributed by atoms with Gasteiger partial charge < -0.3 is 9.80 Å². The van der Waals surface area contributed by atoms with Gasteiger partial charge in [0.2, 0.25) is 0 Å². The number of hydrogen-bond acceptors (Lipinski definition) is 4. The van der Waals surface area contributed by atoms with Crippen LogP contribution in [0.15, 0.2) is 18.5 Å². The molecule has 0 radical (unpaired) electrons. The summed E-state index contributed by atoms with van der Waals surface area (Å²) >= 11 is 0. The molecule has 1 aliphatic carbocycles. The van der Waals surface area contributed by atoms with Crippen molar-refractivity contribution in [2.24, 2.45) is 0 Å². The van der Waals surface area contributed by atoms with Crippen LogP contribution in [0.5, 0.6) is 0 Å². The fourth-order valence-corrected chi connectivity index (χ4v) is 3.77. The first-order chi connectivity index (χ1) is 12.5. The van der Waals surface area contributed by atoms with Crippen LogP contribution < -0.4 is 0 Å². The number of carbonyl (C=O) groups excluding carboxylic acids is 1. The van der Waals surface area contributed by atoms with Crippen molar-refractivity contribution in [3.8, 4) is 0 Å². The first kappa shape index (κ1) is 18.8. The van der Waals surface area contributed by atoms with Crippen molar-refractivity contribution in [3.05, 3.63) is 24.0 Å². The van der Waals surface area contributed by atoms with E-state index in [1.54, 1.807) is 17.3 Å². The average molecular weight is 358 g/mol. The smallest absolute Gasteiger partial charge is 0.255 e. The molecule has 1 amide bonds. The Morgan fingerprint density at radius 3 is 2.62 bits per heavy atom. The van der Waals surface area contributed by atoms with E-state index in [0.29, 0.717) is 11.6 Å². The number of carbonyl (C=O) groups is 1. The monoisotopic (exact) mass is 357 g/mol. The molecule has 1 saturated carbocycles. The second-order valence-corrected chi connectivity index (χ2v) is 7.82. The Morgan fingerprint density at radius 2 is 1.92 bits per heavy atom. The van der Waals surface area contributed by atoms with Crippen LogP contribution in [-0.4, -0.2) is 63.7 Å². The summed E-state index contributed by atoms with van der Waals surface area (Å²) in [5.74, 6) is 0.0220. The van der Waals surface area contributed by atoms with E-state index in [2.05, 4.69) is 35.9 Å². The highest BCUT2D eigenvalue weighted by atomic mass is 16.2. The van der Waals surface area contributed by atoms with Crippen LogP contribution >= 0.6 is 0 Å². The zero-order chi connectivity index (χ0) is 18.7. The van der Waals surface area contributed by atoms with Gasteiger partial charge in [-0.2, -0.15) is 5.10 Å². The number of aromatic nitrogens is 3. The molecule has 6 heteroatoms. The van der Waals surface area contributed by atoms with E-state index in [4.69, 9.17) is 0 Å². The Kier molecular flexibility index (Phi) is 5.91. The van der Waals surface area contributed by atoms with E-state index in [-0.39, 0.29) is 11.9 Å². The molecule has 0 N–H and O–H groups in total. The summed E-state index contributed by atoms with van der Waals surface area (Å²) in [6, 6.07) is 2.82. The molecule has 142 valence electrons. The quantitative estimate of drug-likeness (QED) is 0.795. The SMILES string of the molecule is CC(C)n1ncc2cc(C(=O)N(C)CCN(C)C3CCCCC3)cnc21. The molecule has 0 saturated heterocycles. The molecular weight excluding hydrogens is 326 g/mol. The number of amides is 1. The average Bonchev–Trinajstić information content (AvgIpc) is 3.09. The second kappa shape index (κ2) is 8.16. The largest absolute Gasteiger partial charge is 0.340 e. The maximum absolute atomic E-state index is 12.8. The first-order valence-corrected chi connectivity index (χ1v) is 9.76. The predicted molar refractivity (Wildman–Crippen MR) is 104 cm³/mol. The topological polar surface area (TPSA) is 54.3 Å². The molecule has 0 unspecified atom stereocenters. The van der Waals surface area contributed by atoms with Crippen molar-refractivity contribution in [2.45, 2.75) is 58.0 Å². The summed E-state index contributed by atoms with van der Waals surface area (Å²) in [5, 5.41) is 5.29. The van der Waals surface area contributed by atoms with Crippen LogP contribution in [-0.2, 0) is 0 Å². The van der Waals surface area contributed by atoms with E-state index in [9.17, 15) is 4.79 Å². The third kappa shape index (κ3) is 4.06. The lowest BCUT2D eigenvalue weighted by molar-refractivity contribution is 0.0767. The highest BCUT2D eigenvalue weighted by molar-refractivity contribution is 5.96. The van der Waals surface area contributed by atoms with E-state index in [1.165, 1.54) is 32.1 Å². The Morgan fingerprint density at radius 1 is 1.19 bits per heavy atom. The molecule has 1 aliphatic rings. The van der Waals surface area contributed by atoms with Gasteiger partial charge in [-0.15, -0.1) is 0 Å². The molecule has 2 aromatic rings. The molecule has 2 aromatic heterocycles. The molecule has 0 aromatic carbocycles. The highest BCUT2D eigenvalue weighted by Gasteiger charge is 2.20. The molecule has 1 fully saturated rings. The fourth-order valence-electron chi connectivity index (χ4n) is 3.77. The molecule has 0 spiro atoms. The van der Waals surface area contributed by atoms with Gasteiger partial charge in [0.15, 0.2) is 5.65 Å². The standard InChI is InChI=1S/C20H31N5O/c1-15(2)25-19-16(14-22-25)12-17(13-21-19)20(26)24(4)11-10-23(3)18-8-6-5-7-9-18/h12-15,18H,5-11H2,1-4H3. The summed E-state index contributed by atoms with van der Waals surface area (Å²) in [7, 11) is 4.06. The zero-order valence-electron chi connectivity index (χ0n) is 16.5. The van der Waals surface area contributed by atoms with Crippen molar-refractivity contribution < 1.29 is 4.79 Å². The van der Waals surface area contributed by atoms with Crippen molar-refractivity contribution in [3.63, 3.8) is 0 Å². The number of rotatable bonds is 6. The van der Waals surface area contributed by atoms with Crippen LogP contribution in [0, 0.1) is 0 Å². The summed E-state index contributed by atoms with van der Waals surface area (Å²) < 4.78 is 1.88. The minimum atomic E-state index is 0.0220. The number of pyridine rings is 1. The van der Waals surface area contributed by atoms with E-state index in [1.807, 2.05) is 17.8 Å². The van der Waals surface area contributed by atoms with Crippen molar-refractivity contribution >= 4 is 16.9 Å². The molecule has 0 aliphatic heterocycles. The van der Waals surface area contributed by atoms with Gasteiger partial charge in [-0.3, -0.25) is 4.79 Å². The van der Waals surface area contributed by atoms with Gasteiger partial charge in [0.25, 0.3) is 5.91 Å². The van der Waals surface area contributed by atoms with Crippen LogP contribution in [0.2, 0.25) is 0 Å². The van der Waals surface area contributed by atoms with Crippen LogP contribution in [0.1, 0.15) is 62.4 Å². The van der Waals surface area contributed by atoms with Gasteiger partial charge in [-0.25, -0.2) is 9.67 Å². The van der Waals surface area contributed by atoms with E-state index in [0.717, 1.165) is 24.1 Å². The summed E-state index contributed by atoms with van der Waals surface area (Å²) in [4.78, 5) is 21.4. The lowest BCUT2D eigenvalue weighted by atomic mass is 9.94. The summed E-state index contributed by atoms with van der Waals surface area (Å²) in [6.45, 7) is 5.79. The van der Waals surface area contributed by atoms with Crippen LogP contribution in [0.4, 0.5) is 0 Å². The molecule has 6 nitrogen and oxygen atoms in total. The third-order valence-corrected chi connectivity index (χ3v) is 5.50.